The Hall–Kier alpha value is -3.02. The molecule has 0 atom stereocenters. The third-order valence-corrected chi connectivity index (χ3v) is 3.28. The minimum Gasteiger partial charge on any atom is -0.454 e. The standard InChI is InChI=1S/C17H15NO5/c1-11-2-4-12(5-3-11)17(20)21-9-16(19)18-13-6-7-14-15(8-13)23-10-22-14/h2-8H,9-10H2,1H3,(H,18,19). The molecule has 1 amide bonds. The fourth-order valence-electron chi connectivity index (χ4n) is 2.08. The molecule has 0 saturated heterocycles. The number of hydrogen-bond acceptors (Lipinski definition) is 5. The predicted octanol–water partition coefficient (Wildman–Crippen LogP) is 2.52. The Balaban J connectivity index is 1.53. The van der Waals surface area contributed by atoms with Crippen molar-refractivity contribution in [3.05, 3.63) is 53.6 Å². The van der Waals surface area contributed by atoms with Crippen LogP contribution in [0.3, 0.4) is 0 Å². The lowest BCUT2D eigenvalue weighted by molar-refractivity contribution is -0.119. The van der Waals surface area contributed by atoms with Crippen LogP contribution in [0.25, 0.3) is 0 Å². The molecule has 1 aliphatic heterocycles. The predicted molar refractivity (Wildman–Crippen MR) is 82.7 cm³/mol. The molecule has 0 spiro atoms. The van der Waals surface area contributed by atoms with Crippen molar-refractivity contribution < 1.29 is 23.8 Å². The van der Waals surface area contributed by atoms with Crippen molar-refractivity contribution in [2.24, 2.45) is 0 Å². The first-order valence-corrected chi connectivity index (χ1v) is 7.05. The van der Waals surface area contributed by atoms with Gasteiger partial charge in [0.25, 0.3) is 5.91 Å². The molecule has 118 valence electrons. The Bertz CT molecular complexity index is 739. The molecule has 2 aromatic rings. The molecule has 2 aromatic carbocycles. The molecule has 1 N–H and O–H groups in total. The van der Waals surface area contributed by atoms with E-state index in [1.165, 1.54) is 0 Å². The molecule has 0 aliphatic carbocycles. The normalized spacial score (nSPS) is 11.9. The number of rotatable bonds is 4. The maximum Gasteiger partial charge on any atom is 0.338 e. The molecule has 0 radical (unpaired) electrons. The van der Waals surface area contributed by atoms with Crippen molar-refractivity contribution >= 4 is 17.6 Å². The zero-order valence-corrected chi connectivity index (χ0v) is 12.5. The third-order valence-electron chi connectivity index (χ3n) is 3.28. The maximum atomic E-state index is 11.8. The zero-order valence-electron chi connectivity index (χ0n) is 12.5. The molecule has 0 bridgehead atoms. The number of fused-ring (bicyclic) bond motifs is 1. The first kappa shape index (κ1) is 14.9. The van der Waals surface area contributed by atoms with Crippen LogP contribution in [0.1, 0.15) is 15.9 Å². The van der Waals surface area contributed by atoms with E-state index < -0.39 is 11.9 Å². The second kappa shape index (κ2) is 6.39. The van der Waals surface area contributed by atoms with Crippen LogP contribution in [0.4, 0.5) is 5.69 Å². The van der Waals surface area contributed by atoms with Gasteiger partial charge in [0.1, 0.15) is 0 Å². The first-order chi connectivity index (χ1) is 11.1. The summed E-state index contributed by atoms with van der Waals surface area (Å²) in [7, 11) is 0. The van der Waals surface area contributed by atoms with Gasteiger partial charge in [0.2, 0.25) is 6.79 Å². The number of benzene rings is 2. The number of carbonyl (C=O) groups excluding carboxylic acids is 2. The van der Waals surface area contributed by atoms with E-state index in [1.807, 2.05) is 19.1 Å². The highest BCUT2D eigenvalue weighted by Gasteiger charge is 2.15. The summed E-state index contributed by atoms with van der Waals surface area (Å²) < 4.78 is 15.4. The van der Waals surface area contributed by atoms with Gasteiger partial charge in [-0.1, -0.05) is 17.7 Å². The van der Waals surface area contributed by atoms with E-state index >= 15 is 0 Å². The Morgan fingerprint density at radius 1 is 1.09 bits per heavy atom. The third kappa shape index (κ3) is 3.60. The number of nitrogens with one attached hydrogen (secondary N) is 1. The highest BCUT2D eigenvalue weighted by atomic mass is 16.7. The highest BCUT2D eigenvalue weighted by molar-refractivity contribution is 5.95. The zero-order chi connectivity index (χ0) is 16.2. The lowest BCUT2D eigenvalue weighted by atomic mass is 10.1. The largest absolute Gasteiger partial charge is 0.454 e. The van der Waals surface area contributed by atoms with Crippen molar-refractivity contribution in [3.8, 4) is 11.5 Å². The van der Waals surface area contributed by atoms with Gasteiger partial charge in [-0.2, -0.15) is 0 Å². The Kier molecular flexibility index (Phi) is 4.14. The summed E-state index contributed by atoms with van der Waals surface area (Å²) in [5.41, 5.74) is 2.00. The summed E-state index contributed by atoms with van der Waals surface area (Å²) in [4.78, 5) is 23.7. The van der Waals surface area contributed by atoms with Crippen LogP contribution in [-0.4, -0.2) is 25.3 Å². The number of ether oxygens (including phenoxy) is 3. The number of aryl methyl sites for hydroxylation is 1. The lowest BCUT2D eigenvalue weighted by Crippen LogP contribution is -2.20. The average molecular weight is 313 g/mol. The van der Waals surface area contributed by atoms with E-state index in [-0.39, 0.29) is 13.4 Å². The molecule has 0 fully saturated rings. The average Bonchev–Trinajstić information content (AvgIpc) is 3.01. The monoisotopic (exact) mass is 313 g/mol. The minimum absolute atomic E-state index is 0.168. The topological polar surface area (TPSA) is 73.9 Å². The molecular weight excluding hydrogens is 298 g/mol. The van der Waals surface area contributed by atoms with Crippen LogP contribution >= 0.6 is 0 Å². The second-order valence-corrected chi connectivity index (χ2v) is 5.06. The van der Waals surface area contributed by atoms with Gasteiger partial charge in [-0.3, -0.25) is 4.79 Å². The van der Waals surface area contributed by atoms with Gasteiger partial charge in [0, 0.05) is 11.8 Å². The van der Waals surface area contributed by atoms with E-state index in [9.17, 15) is 9.59 Å². The van der Waals surface area contributed by atoms with Crippen molar-refractivity contribution in [2.75, 3.05) is 18.7 Å². The SMILES string of the molecule is Cc1ccc(C(=O)OCC(=O)Nc2ccc3c(c2)OCO3)cc1. The van der Waals surface area contributed by atoms with E-state index in [2.05, 4.69) is 5.32 Å². The van der Waals surface area contributed by atoms with Crippen molar-refractivity contribution in [3.63, 3.8) is 0 Å². The molecule has 3 rings (SSSR count). The van der Waals surface area contributed by atoms with Gasteiger partial charge in [-0.05, 0) is 31.2 Å². The van der Waals surface area contributed by atoms with Gasteiger partial charge < -0.3 is 19.5 Å². The van der Waals surface area contributed by atoms with Crippen LogP contribution in [0.2, 0.25) is 0 Å². The molecule has 0 unspecified atom stereocenters. The molecule has 23 heavy (non-hydrogen) atoms. The smallest absolute Gasteiger partial charge is 0.338 e. The molecule has 0 aromatic heterocycles. The van der Waals surface area contributed by atoms with Crippen molar-refractivity contribution in [1.29, 1.82) is 0 Å². The van der Waals surface area contributed by atoms with Gasteiger partial charge in [0.15, 0.2) is 18.1 Å². The van der Waals surface area contributed by atoms with E-state index in [0.29, 0.717) is 22.7 Å². The number of amides is 1. The fraction of sp³-hybridized carbons (Fsp3) is 0.176. The molecule has 6 nitrogen and oxygen atoms in total. The summed E-state index contributed by atoms with van der Waals surface area (Å²) in [6, 6.07) is 12.0. The Morgan fingerprint density at radius 3 is 2.61 bits per heavy atom. The highest BCUT2D eigenvalue weighted by Crippen LogP contribution is 2.34. The fourth-order valence-corrected chi connectivity index (χ4v) is 2.08. The number of esters is 1. The quantitative estimate of drug-likeness (QED) is 0.878. The number of carbonyl (C=O) groups is 2. The minimum atomic E-state index is -0.536. The van der Waals surface area contributed by atoms with Gasteiger partial charge in [-0.15, -0.1) is 0 Å². The summed E-state index contributed by atoms with van der Waals surface area (Å²) in [6.45, 7) is 1.73. The van der Waals surface area contributed by atoms with Gasteiger partial charge in [0.05, 0.1) is 5.56 Å². The molecule has 1 heterocycles. The molecule has 6 heteroatoms. The van der Waals surface area contributed by atoms with Crippen molar-refractivity contribution in [1.82, 2.24) is 0 Å². The second-order valence-electron chi connectivity index (χ2n) is 5.06. The summed E-state index contributed by atoms with van der Waals surface area (Å²) >= 11 is 0. The van der Waals surface area contributed by atoms with Gasteiger partial charge in [-0.25, -0.2) is 4.79 Å². The van der Waals surface area contributed by atoms with Gasteiger partial charge >= 0.3 is 5.97 Å². The molecular formula is C17H15NO5. The van der Waals surface area contributed by atoms with Crippen LogP contribution in [0.5, 0.6) is 11.5 Å². The lowest BCUT2D eigenvalue weighted by Gasteiger charge is -2.07. The first-order valence-electron chi connectivity index (χ1n) is 7.05. The van der Waals surface area contributed by atoms with E-state index in [0.717, 1.165) is 5.56 Å². The summed E-state index contributed by atoms with van der Waals surface area (Å²) in [5, 5.41) is 2.64. The van der Waals surface area contributed by atoms with Crippen molar-refractivity contribution in [2.45, 2.75) is 6.92 Å². The maximum absolute atomic E-state index is 11.8. The molecule has 0 saturated carbocycles. The van der Waals surface area contributed by atoms with E-state index in [4.69, 9.17) is 14.2 Å². The van der Waals surface area contributed by atoms with E-state index in [1.54, 1.807) is 30.3 Å². The number of hydrogen-bond donors (Lipinski definition) is 1. The van der Waals surface area contributed by atoms with Crippen LogP contribution in [0.15, 0.2) is 42.5 Å². The molecule has 1 aliphatic rings. The van der Waals surface area contributed by atoms with Crippen LogP contribution < -0.4 is 14.8 Å². The number of anilines is 1. The Labute approximate surface area is 133 Å². The summed E-state index contributed by atoms with van der Waals surface area (Å²) in [6.07, 6.45) is 0. The summed E-state index contributed by atoms with van der Waals surface area (Å²) in [5.74, 6) is 0.239. The van der Waals surface area contributed by atoms with Crippen LogP contribution in [-0.2, 0) is 9.53 Å². The Morgan fingerprint density at radius 2 is 1.83 bits per heavy atom. The van der Waals surface area contributed by atoms with Crippen LogP contribution in [0, 0.1) is 6.92 Å².